The Morgan fingerprint density at radius 2 is 1.94 bits per heavy atom. The van der Waals surface area contributed by atoms with E-state index in [-0.39, 0.29) is 5.56 Å². The fourth-order valence-corrected chi connectivity index (χ4v) is 1.64. The van der Waals surface area contributed by atoms with Crippen molar-refractivity contribution in [2.75, 3.05) is 13.1 Å². The predicted molar refractivity (Wildman–Crippen MR) is 69.0 cm³/mol. The van der Waals surface area contributed by atoms with Crippen LogP contribution in [0.25, 0.3) is 0 Å². The van der Waals surface area contributed by atoms with E-state index in [1.54, 1.807) is 12.2 Å². The zero-order valence-corrected chi connectivity index (χ0v) is 10.1. The molecule has 1 aromatic rings. The number of hydrogen-bond donors (Lipinski definition) is 1. The normalized spacial score (nSPS) is 10.3. The third-order valence-electron chi connectivity index (χ3n) is 2.46. The smallest absolute Gasteiger partial charge is 0.335 e. The minimum absolute atomic E-state index is 0.0866. The molecule has 0 atom stereocenters. The van der Waals surface area contributed by atoms with Gasteiger partial charge in [0.05, 0.1) is 5.56 Å². The van der Waals surface area contributed by atoms with Crippen LogP contribution in [0.4, 0.5) is 4.39 Å². The van der Waals surface area contributed by atoms with E-state index in [0.717, 1.165) is 0 Å². The van der Waals surface area contributed by atoms with Crippen molar-refractivity contribution in [3.8, 4) is 0 Å². The van der Waals surface area contributed by atoms with Crippen LogP contribution >= 0.6 is 0 Å². The number of carboxylic acid groups (broad SMARTS) is 1. The van der Waals surface area contributed by atoms with Gasteiger partial charge >= 0.3 is 5.97 Å². The van der Waals surface area contributed by atoms with Crippen LogP contribution in [0.5, 0.6) is 0 Å². The van der Waals surface area contributed by atoms with Crippen molar-refractivity contribution in [3.63, 3.8) is 0 Å². The first kappa shape index (κ1) is 14.1. The molecule has 0 amide bonds. The second kappa shape index (κ2) is 6.71. The second-order valence-corrected chi connectivity index (χ2v) is 3.88. The van der Waals surface area contributed by atoms with Gasteiger partial charge in [-0.15, -0.1) is 13.2 Å². The van der Waals surface area contributed by atoms with Crippen molar-refractivity contribution in [2.24, 2.45) is 0 Å². The Balaban J connectivity index is 2.92. The summed E-state index contributed by atoms with van der Waals surface area (Å²) in [5, 5.41) is 8.87. The average molecular weight is 249 g/mol. The van der Waals surface area contributed by atoms with Gasteiger partial charge in [-0.25, -0.2) is 9.18 Å². The SMILES string of the molecule is C=CCN(CC=C)Cc1cc(C(=O)O)ccc1F. The molecule has 18 heavy (non-hydrogen) atoms. The van der Waals surface area contributed by atoms with Crippen molar-refractivity contribution in [2.45, 2.75) is 6.54 Å². The van der Waals surface area contributed by atoms with Gasteiger partial charge in [-0.2, -0.15) is 0 Å². The van der Waals surface area contributed by atoms with Crippen LogP contribution in [0.2, 0.25) is 0 Å². The Hall–Kier alpha value is -1.94. The summed E-state index contributed by atoms with van der Waals surface area (Å²) in [5.74, 6) is -1.46. The molecule has 0 radical (unpaired) electrons. The van der Waals surface area contributed by atoms with Gasteiger partial charge in [-0.1, -0.05) is 12.2 Å². The predicted octanol–water partition coefficient (Wildman–Crippen LogP) is 2.70. The van der Waals surface area contributed by atoms with Gasteiger partial charge in [0.25, 0.3) is 0 Å². The summed E-state index contributed by atoms with van der Waals surface area (Å²) < 4.78 is 13.6. The first-order chi connectivity index (χ1) is 8.58. The maximum Gasteiger partial charge on any atom is 0.335 e. The Kier molecular flexibility index (Phi) is 5.27. The number of carboxylic acids is 1. The van der Waals surface area contributed by atoms with Crippen molar-refractivity contribution in [1.82, 2.24) is 4.90 Å². The van der Waals surface area contributed by atoms with Crippen molar-refractivity contribution in [3.05, 3.63) is 60.5 Å². The molecule has 0 fully saturated rings. The van der Waals surface area contributed by atoms with Gasteiger partial charge < -0.3 is 5.11 Å². The van der Waals surface area contributed by atoms with Crippen LogP contribution in [-0.4, -0.2) is 29.1 Å². The quantitative estimate of drug-likeness (QED) is 0.755. The minimum atomic E-state index is -1.06. The molecule has 0 aliphatic carbocycles. The lowest BCUT2D eigenvalue weighted by molar-refractivity contribution is 0.0696. The summed E-state index contributed by atoms with van der Waals surface area (Å²) in [6.45, 7) is 8.75. The van der Waals surface area contributed by atoms with Crippen LogP contribution in [-0.2, 0) is 6.54 Å². The van der Waals surface area contributed by atoms with Gasteiger partial charge in [0.1, 0.15) is 5.82 Å². The molecule has 3 nitrogen and oxygen atoms in total. The Morgan fingerprint density at radius 1 is 1.33 bits per heavy atom. The van der Waals surface area contributed by atoms with Crippen molar-refractivity contribution < 1.29 is 14.3 Å². The van der Waals surface area contributed by atoms with E-state index in [9.17, 15) is 9.18 Å². The first-order valence-electron chi connectivity index (χ1n) is 5.54. The number of nitrogens with zero attached hydrogens (tertiary/aromatic N) is 1. The number of carbonyl (C=O) groups is 1. The topological polar surface area (TPSA) is 40.5 Å². The molecule has 96 valence electrons. The van der Waals surface area contributed by atoms with E-state index in [2.05, 4.69) is 13.2 Å². The molecule has 0 saturated carbocycles. The Morgan fingerprint density at radius 3 is 2.44 bits per heavy atom. The zero-order valence-electron chi connectivity index (χ0n) is 10.1. The fourth-order valence-electron chi connectivity index (χ4n) is 1.64. The van der Waals surface area contributed by atoms with E-state index in [0.29, 0.717) is 25.2 Å². The van der Waals surface area contributed by atoms with Crippen LogP contribution < -0.4 is 0 Å². The Labute approximate surface area is 106 Å². The largest absolute Gasteiger partial charge is 0.478 e. The molecule has 0 heterocycles. The summed E-state index contributed by atoms with van der Waals surface area (Å²) in [4.78, 5) is 12.7. The van der Waals surface area contributed by atoms with Crippen LogP contribution in [0.15, 0.2) is 43.5 Å². The highest BCUT2D eigenvalue weighted by molar-refractivity contribution is 5.87. The maximum absolute atomic E-state index is 13.6. The van der Waals surface area contributed by atoms with Crippen molar-refractivity contribution >= 4 is 5.97 Å². The lowest BCUT2D eigenvalue weighted by Gasteiger charge is -2.19. The van der Waals surface area contributed by atoms with E-state index in [1.165, 1.54) is 18.2 Å². The molecular weight excluding hydrogens is 233 g/mol. The van der Waals surface area contributed by atoms with Crippen LogP contribution in [0, 0.1) is 5.82 Å². The first-order valence-corrected chi connectivity index (χ1v) is 5.54. The third kappa shape index (κ3) is 3.82. The number of rotatable bonds is 7. The van der Waals surface area contributed by atoms with Crippen LogP contribution in [0.1, 0.15) is 15.9 Å². The van der Waals surface area contributed by atoms with E-state index in [4.69, 9.17) is 5.11 Å². The average Bonchev–Trinajstić information content (AvgIpc) is 2.32. The standard InChI is InChI=1S/C14H16FNO2/c1-3-7-16(8-4-2)10-12-9-11(14(17)18)5-6-13(12)15/h3-6,9H,1-2,7-8,10H2,(H,17,18). The summed E-state index contributed by atoms with van der Waals surface area (Å²) in [6.07, 6.45) is 3.42. The molecule has 0 bridgehead atoms. The molecule has 0 unspecified atom stereocenters. The molecule has 0 spiro atoms. The maximum atomic E-state index is 13.6. The summed E-state index contributed by atoms with van der Waals surface area (Å²) >= 11 is 0. The van der Waals surface area contributed by atoms with Gasteiger partial charge in [-0.3, -0.25) is 4.90 Å². The molecule has 4 heteroatoms. The molecule has 0 aromatic heterocycles. The monoisotopic (exact) mass is 249 g/mol. The number of hydrogen-bond acceptors (Lipinski definition) is 2. The number of halogens is 1. The van der Waals surface area contributed by atoms with E-state index in [1.807, 2.05) is 4.90 Å². The molecule has 1 aromatic carbocycles. The van der Waals surface area contributed by atoms with Gasteiger partial charge in [-0.05, 0) is 18.2 Å². The van der Waals surface area contributed by atoms with E-state index >= 15 is 0 Å². The number of benzene rings is 1. The fraction of sp³-hybridized carbons (Fsp3) is 0.214. The van der Waals surface area contributed by atoms with Crippen LogP contribution in [0.3, 0.4) is 0 Å². The minimum Gasteiger partial charge on any atom is -0.478 e. The highest BCUT2D eigenvalue weighted by Gasteiger charge is 2.11. The van der Waals surface area contributed by atoms with Gasteiger partial charge in [0.2, 0.25) is 0 Å². The molecule has 0 aliphatic rings. The highest BCUT2D eigenvalue weighted by Crippen LogP contribution is 2.13. The summed E-state index contributed by atoms with van der Waals surface area (Å²) in [6, 6.07) is 3.79. The highest BCUT2D eigenvalue weighted by atomic mass is 19.1. The second-order valence-electron chi connectivity index (χ2n) is 3.88. The van der Waals surface area contributed by atoms with Gasteiger partial charge in [0, 0.05) is 25.2 Å². The molecule has 0 aliphatic heterocycles. The number of aromatic carboxylic acids is 1. The third-order valence-corrected chi connectivity index (χ3v) is 2.46. The van der Waals surface area contributed by atoms with E-state index < -0.39 is 11.8 Å². The lowest BCUT2D eigenvalue weighted by atomic mass is 10.1. The molecular formula is C14H16FNO2. The Bertz CT molecular complexity index is 447. The van der Waals surface area contributed by atoms with Crippen molar-refractivity contribution in [1.29, 1.82) is 0 Å². The lowest BCUT2D eigenvalue weighted by Crippen LogP contribution is -2.24. The molecule has 0 saturated heterocycles. The van der Waals surface area contributed by atoms with Gasteiger partial charge in [0.15, 0.2) is 0 Å². The summed E-state index contributed by atoms with van der Waals surface area (Å²) in [5.41, 5.74) is 0.446. The molecule has 1 N–H and O–H groups in total. The summed E-state index contributed by atoms with van der Waals surface area (Å²) in [7, 11) is 0. The zero-order chi connectivity index (χ0) is 13.5. The molecule has 1 rings (SSSR count).